The van der Waals surface area contributed by atoms with E-state index in [-0.39, 0.29) is 22.4 Å². The number of aromatic amines is 1. The Labute approximate surface area is 162 Å². The Bertz CT molecular complexity index is 1220. The normalized spacial score (nSPS) is 12.0. The molecule has 2 aromatic heterocycles. The number of aryl methyl sites for hydroxylation is 1. The Kier molecular flexibility index (Phi) is 4.52. The van der Waals surface area contributed by atoms with Gasteiger partial charge in [-0.15, -0.1) is 0 Å². The smallest absolute Gasteiger partial charge is 0.352 e. The van der Waals surface area contributed by atoms with Gasteiger partial charge in [-0.25, -0.2) is 9.37 Å². The van der Waals surface area contributed by atoms with Crippen LogP contribution in [0.5, 0.6) is 0 Å². The van der Waals surface area contributed by atoms with Gasteiger partial charge in [0.15, 0.2) is 0 Å². The Morgan fingerprint density at radius 3 is 2.76 bits per heavy atom. The number of imidazole rings is 1. The number of hydrogen-bond acceptors (Lipinski definition) is 2. The molecule has 0 spiro atoms. The van der Waals surface area contributed by atoms with Gasteiger partial charge in [0.25, 0.3) is 5.91 Å². The third-order valence-corrected chi connectivity index (χ3v) is 4.73. The Hall–Kier alpha value is -3.36. The van der Waals surface area contributed by atoms with Crippen molar-refractivity contribution in [1.29, 1.82) is 0 Å². The number of hydrogen-bond donors (Lipinski definition) is 2. The van der Waals surface area contributed by atoms with E-state index in [1.165, 1.54) is 30.3 Å². The minimum atomic E-state index is -4.58. The Morgan fingerprint density at radius 1 is 1.21 bits per heavy atom. The average Bonchev–Trinajstić information content (AvgIpc) is 3.22. The van der Waals surface area contributed by atoms with Gasteiger partial charge in [0.2, 0.25) is 5.82 Å². The molecule has 0 unspecified atom stereocenters. The monoisotopic (exact) mass is 404 g/mol. The summed E-state index contributed by atoms with van der Waals surface area (Å²) in [4.78, 5) is 18.0. The van der Waals surface area contributed by atoms with Crippen molar-refractivity contribution in [3.63, 3.8) is 0 Å². The lowest BCUT2D eigenvalue weighted by Gasteiger charge is -2.05. The van der Waals surface area contributed by atoms with Crippen LogP contribution in [-0.4, -0.2) is 27.0 Å². The number of halogens is 4. The molecule has 150 valence electrons. The number of alkyl halides is 3. The number of carbonyl (C=O) groups excluding carboxylic acids is 1. The van der Waals surface area contributed by atoms with Crippen molar-refractivity contribution >= 4 is 27.8 Å². The summed E-state index contributed by atoms with van der Waals surface area (Å²) in [5.74, 6) is -1.85. The largest absolute Gasteiger partial charge is 0.449 e. The van der Waals surface area contributed by atoms with Crippen molar-refractivity contribution in [2.24, 2.45) is 7.05 Å². The zero-order chi connectivity index (χ0) is 20.8. The lowest BCUT2D eigenvalue weighted by Crippen LogP contribution is -2.25. The molecule has 0 bridgehead atoms. The van der Waals surface area contributed by atoms with Crippen LogP contribution in [0.15, 0.2) is 42.6 Å². The molecule has 0 radical (unpaired) electrons. The molecule has 4 rings (SSSR count). The molecule has 0 fully saturated rings. The van der Waals surface area contributed by atoms with Crippen molar-refractivity contribution in [3.05, 3.63) is 65.4 Å². The molecule has 0 saturated carbocycles. The van der Waals surface area contributed by atoms with E-state index in [0.717, 1.165) is 16.5 Å². The summed E-state index contributed by atoms with van der Waals surface area (Å²) in [5.41, 5.74) is 2.26. The lowest BCUT2D eigenvalue weighted by molar-refractivity contribution is -0.144. The number of aromatic nitrogens is 3. The first kappa shape index (κ1) is 19.0. The highest BCUT2D eigenvalue weighted by atomic mass is 19.4. The molecule has 0 aliphatic heterocycles. The molecular formula is C20H16F4N4O. The second-order valence-electron chi connectivity index (χ2n) is 6.75. The number of amides is 1. The second kappa shape index (κ2) is 6.91. The molecule has 5 nitrogen and oxygen atoms in total. The van der Waals surface area contributed by atoms with Crippen LogP contribution in [-0.2, 0) is 19.6 Å². The number of carbonyl (C=O) groups is 1. The number of fused-ring (bicyclic) bond motifs is 2. The summed E-state index contributed by atoms with van der Waals surface area (Å²) < 4.78 is 53.7. The molecule has 0 aliphatic rings. The summed E-state index contributed by atoms with van der Waals surface area (Å²) in [5, 5.41) is 3.52. The Morgan fingerprint density at radius 2 is 2.00 bits per heavy atom. The fourth-order valence-corrected chi connectivity index (χ4v) is 3.34. The summed E-state index contributed by atoms with van der Waals surface area (Å²) in [6, 6.07) is 8.66. The second-order valence-corrected chi connectivity index (χ2v) is 6.75. The van der Waals surface area contributed by atoms with Gasteiger partial charge in [0, 0.05) is 36.3 Å². The number of rotatable bonds is 4. The van der Waals surface area contributed by atoms with E-state index in [0.29, 0.717) is 13.0 Å². The molecule has 0 saturated heterocycles. The first-order chi connectivity index (χ1) is 13.7. The topological polar surface area (TPSA) is 62.7 Å². The third-order valence-electron chi connectivity index (χ3n) is 4.73. The number of H-pyrrole nitrogens is 1. The standard InChI is InChI=1S/C20H16F4N4O/c1-28-10-12(14-9-13(21)3-5-17(14)28)6-7-25-18(29)11-2-4-15-16(8-11)27-19(26-15)20(22,23)24/h2-5,8-10H,6-7H2,1H3,(H,25,29)(H,26,27). The summed E-state index contributed by atoms with van der Waals surface area (Å²) in [7, 11) is 1.86. The van der Waals surface area contributed by atoms with Gasteiger partial charge in [0.1, 0.15) is 5.82 Å². The van der Waals surface area contributed by atoms with Gasteiger partial charge in [-0.3, -0.25) is 4.79 Å². The van der Waals surface area contributed by atoms with Crippen LogP contribution in [0.1, 0.15) is 21.7 Å². The lowest BCUT2D eigenvalue weighted by atomic mass is 10.1. The van der Waals surface area contributed by atoms with Crippen LogP contribution in [0.2, 0.25) is 0 Å². The molecule has 2 aromatic carbocycles. The summed E-state index contributed by atoms with van der Waals surface area (Å²) >= 11 is 0. The van der Waals surface area contributed by atoms with Gasteiger partial charge < -0.3 is 14.9 Å². The molecule has 0 aliphatic carbocycles. The van der Waals surface area contributed by atoms with Crippen molar-refractivity contribution < 1.29 is 22.4 Å². The number of nitrogens with zero attached hydrogens (tertiary/aromatic N) is 2. The van der Waals surface area contributed by atoms with Gasteiger partial charge in [0.05, 0.1) is 11.0 Å². The molecule has 29 heavy (non-hydrogen) atoms. The van der Waals surface area contributed by atoms with E-state index in [9.17, 15) is 22.4 Å². The molecular weight excluding hydrogens is 388 g/mol. The summed E-state index contributed by atoms with van der Waals surface area (Å²) in [6.07, 6.45) is -2.22. The van der Waals surface area contributed by atoms with Gasteiger partial charge in [-0.2, -0.15) is 13.2 Å². The zero-order valence-electron chi connectivity index (χ0n) is 15.3. The van der Waals surface area contributed by atoms with Crippen LogP contribution >= 0.6 is 0 Å². The molecule has 4 aromatic rings. The van der Waals surface area contributed by atoms with Gasteiger partial charge in [-0.1, -0.05) is 0 Å². The van der Waals surface area contributed by atoms with E-state index in [4.69, 9.17) is 0 Å². The van der Waals surface area contributed by atoms with Crippen LogP contribution in [0.3, 0.4) is 0 Å². The predicted octanol–water partition coefficient (Wildman–Crippen LogP) is 4.19. The summed E-state index contributed by atoms with van der Waals surface area (Å²) in [6.45, 7) is 0.295. The highest BCUT2D eigenvalue weighted by Crippen LogP contribution is 2.28. The Balaban J connectivity index is 1.47. The zero-order valence-corrected chi connectivity index (χ0v) is 15.3. The minimum absolute atomic E-state index is 0.131. The minimum Gasteiger partial charge on any atom is -0.352 e. The van der Waals surface area contributed by atoms with Crippen molar-refractivity contribution in [3.8, 4) is 0 Å². The van der Waals surface area contributed by atoms with E-state index in [2.05, 4.69) is 15.3 Å². The van der Waals surface area contributed by atoms with E-state index >= 15 is 0 Å². The number of nitrogens with one attached hydrogen (secondary N) is 2. The molecule has 0 atom stereocenters. The van der Waals surface area contributed by atoms with Crippen molar-refractivity contribution in [2.45, 2.75) is 12.6 Å². The van der Waals surface area contributed by atoms with Crippen molar-refractivity contribution in [1.82, 2.24) is 19.9 Å². The van der Waals surface area contributed by atoms with E-state index < -0.39 is 17.9 Å². The highest BCUT2D eigenvalue weighted by Gasteiger charge is 2.34. The van der Waals surface area contributed by atoms with Gasteiger partial charge in [-0.05, 0) is 48.4 Å². The van der Waals surface area contributed by atoms with Crippen LogP contribution in [0.25, 0.3) is 21.9 Å². The highest BCUT2D eigenvalue weighted by molar-refractivity contribution is 5.97. The first-order valence-electron chi connectivity index (χ1n) is 8.81. The molecule has 9 heteroatoms. The van der Waals surface area contributed by atoms with Crippen molar-refractivity contribution in [2.75, 3.05) is 6.54 Å². The maximum atomic E-state index is 13.5. The number of benzene rings is 2. The van der Waals surface area contributed by atoms with Gasteiger partial charge >= 0.3 is 6.18 Å². The maximum Gasteiger partial charge on any atom is 0.449 e. The molecule has 2 heterocycles. The maximum absolute atomic E-state index is 13.5. The third kappa shape index (κ3) is 3.67. The average molecular weight is 404 g/mol. The quantitative estimate of drug-likeness (QED) is 0.501. The van der Waals surface area contributed by atoms with E-state index in [1.54, 1.807) is 6.07 Å². The van der Waals surface area contributed by atoms with Crippen LogP contribution in [0.4, 0.5) is 17.6 Å². The van der Waals surface area contributed by atoms with E-state index in [1.807, 2.05) is 17.8 Å². The van der Waals surface area contributed by atoms with Crippen LogP contribution in [0, 0.1) is 5.82 Å². The fraction of sp³-hybridized carbons (Fsp3) is 0.200. The SMILES string of the molecule is Cn1cc(CCNC(=O)c2ccc3nc(C(F)(F)F)[nH]c3c2)c2cc(F)ccc21. The molecule has 2 N–H and O–H groups in total. The fourth-order valence-electron chi connectivity index (χ4n) is 3.34. The first-order valence-corrected chi connectivity index (χ1v) is 8.81. The molecule has 1 amide bonds. The predicted molar refractivity (Wildman–Crippen MR) is 100 cm³/mol. The van der Waals surface area contributed by atoms with Crippen LogP contribution < -0.4 is 5.32 Å².